The van der Waals surface area contributed by atoms with Crippen molar-refractivity contribution in [3.05, 3.63) is 40.8 Å². The predicted molar refractivity (Wildman–Crippen MR) is 91.1 cm³/mol. The highest BCUT2D eigenvalue weighted by molar-refractivity contribution is 7.16. The second kappa shape index (κ2) is 7.39. The van der Waals surface area contributed by atoms with Crippen molar-refractivity contribution in [1.82, 2.24) is 20.1 Å². The van der Waals surface area contributed by atoms with Gasteiger partial charge in [-0.05, 0) is 18.6 Å². The van der Waals surface area contributed by atoms with E-state index in [2.05, 4.69) is 20.7 Å². The number of hydrogen-bond donors (Lipinski definition) is 1. The van der Waals surface area contributed by atoms with Crippen LogP contribution in [0.3, 0.4) is 0 Å². The van der Waals surface area contributed by atoms with E-state index in [1.54, 1.807) is 11.3 Å². The number of para-hydroxylation sites is 1. The molecule has 0 saturated heterocycles. The first-order chi connectivity index (χ1) is 11.7. The molecule has 2 aromatic heterocycles. The van der Waals surface area contributed by atoms with Gasteiger partial charge in [0.2, 0.25) is 16.6 Å². The van der Waals surface area contributed by atoms with E-state index in [0.717, 1.165) is 21.4 Å². The van der Waals surface area contributed by atoms with Gasteiger partial charge in [0.05, 0.1) is 10.2 Å². The van der Waals surface area contributed by atoms with E-state index in [1.807, 2.05) is 42.8 Å². The Morgan fingerprint density at radius 3 is 3.00 bits per heavy atom. The largest absolute Gasteiger partial charge is 0.339 e. The highest BCUT2D eigenvalue weighted by Gasteiger charge is 2.07. The summed E-state index contributed by atoms with van der Waals surface area (Å²) in [6, 6.07) is 8.04. The van der Waals surface area contributed by atoms with Crippen molar-refractivity contribution >= 4 is 27.5 Å². The Balaban J connectivity index is 1.55. The maximum Gasteiger partial charge on any atom is 0.240 e. The molecule has 0 spiro atoms. The van der Waals surface area contributed by atoms with E-state index in [-0.39, 0.29) is 5.91 Å². The van der Waals surface area contributed by atoms with E-state index < -0.39 is 0 Å². The highest BCUT2D eigenvalue weighted by atomic mass is 32.1. The van der Waals surface area contributed by atoms with Gasteiger partial charge in [-0.1, -0.05) is 35.5 Å². The molecule has 0 aliphatic heterocycles. The minimum absolute atomic E-state index is 0.123. The van der Waals surface area contributed by atoms with E-state index >= 15 is 0 Å². The molecule has 1 N–H and O–H groups in total. The normalized spacial score (nSPS) is 12.0. The van der Waals surface area contributed by atoms with E-state index in [0.29, 0.717) is 31.0 Å². The summed E-state index contributed by atoms with van der Waals surface area (Å²) >= 11 is 1.54. The Hall–Kier alpha value is -2.48. The highest BCUT2D eigenvalue weighted by Crippen LogP contribution is 2.14. The summed E-state index contributed by atoms with van der Waals surface area (Å²) in [5, 5.41) is 8.05. The number of carbonyl (C=O) groups excluding carboxylic acids is 1. The molecule has 1 aromatic carbocycles. The van der Waals surface area contributed by atoms with Gasteiger partial charge in [-0.2, -0.15) is 4.98 Å². The van der Waals surface area contributed by atoms with Crippen molar-refractivity contribution in [2.24, 2.45) is 12.1 Å². The average molecular weight is 345 g/mol. The molecule has 1 amide bonds. The van der Waals surface area contributed by atoms with Gasteiger partial charge in [0.15, 0.2) is 5.82 Å². The molecule has 7 nitrogen and oxygen atoms in total. The Labute approximate surface area is 143 Å². The lowest BCUT2D eigenvalue weighted by Gasteiger charge is -1.98. The summed E-state index contributed by atoms with van der Waals surface area (Å²) in [7, 11) is 1.94. The Kier molecular flexibility index (Phi) is 5.05. The fraction of sp³-hybridized carbons (Fsp3) is 0.375. The number of hydrogen-bond acceptors (Lipinski definition) is 6. The quantitative estimate of drug-likeness (QED) is 0.694. The Morgan fingerprint density at radius 1 is 1.42 bits per heavy atom. The van der Waals surface area contributed by atoms with Crippen LogP contribution in [0.2, 0.25) is 0 Å². The summed E-state index contributed by atoms with van der Waals surface area (Å²) in [6.07, 6.45) is 2.35. The van der Waals surface area contributed by atoms with Crippen molar-refractivity contribution in [3.63, 3.8) is 0 Å². The number of thiazole rings is 1. The fourth-order valence-corrected chi connectivity index (χ4v) is 3.27. The van der Waals surface area contributed by atoms with Gasteiger partial charge in [-0.25, -0.2) is 5.43 Å². The molecule has 0 atom stereocenters. The van der Waals surface area contributed by atoms with Crippen LogP contribution in [-0.4, -0.2) is 20.6 Å². The van der Waals surface area contributed by atoms with Gasteiger partial charge in [-0.15, -0.1) is 5.10 Å². The topological polar surface area (TPSA) is 85.3 Å². The molecule has 24 heavy (non-hydrogen) atoms. The van der Waals surface area contributed by atoms with Crippen molar-refractivity contribution in [2.75, 3.05) is 0 Å². The molecule has 2 heterocycles. The van der Waals surface area contributed by atoms with Crippen LogP contribution in [0.1, 0.15) is 31.5 Å². The van der Waals surface area contributed by atoms with Crippen LogP contribution in [0, 0.1) is 0 Å². The molecule has 0 fully saturated rings. The van der Waals surface area contributed by atoms with Crippen LogP contribution in [0.4, 0.5) is 0 Å². The number of benzene rings is 1. The first-order valence-corrected chi connectivity index (χ1v) is 8.67. The van der Waals surface area contributed by atoms with E-state index in [4.69, 9.17) is 4.52 Å². The zero-order chi connectivity index (χ0) is 16.9. The Morgan fingerprint density at radius 2 is 2.25 bits per heavy atom. The molecule has 3 aromatic rings. The first-order valence-electron chi connectivity index (χ1n) is 7.86. The van der Waals surface area contributed by atoms with Crippen molar-refractivity contribution < 1.29 is 9.32 Å². The average Bonchev–Trinajstić information content (AvgIpc) is 3.18. The lowest BCUT2D eigenvalue weighted by molar-refractivity contribution is -0.121. The van der Waals surface area contributed by atoms with Gasteiger partial charge in [0, 0.05) is 26.3 Å². The molecule has 0 aliphatic rings. The summed E-state index contributed by atoms with van der Waals surface area (Å²) in [5.41, 5.74) is 3.71. The third-order valence-electron chi connectivity index (χ3n) is 3.61. The van der Waals surface area contributed by atoms with Crippen LogP contribution in [0.15, 0.2) is 33.9 Å². The second-order valence-electron chi connectivity index (χ2n) is 5.37. The predicted octanol–water partition coefficient (Wildman–Crippen LogP) is 2.14. The van der Waals surface area contributed by atoms with Gasteiger partial charge < -0.3 is 9.09 Å². The Bertz CT molecular complexity index is 908. The van der Waals surface area contributed by atoms with Crippen molar-refractivity contribution in [2.45, 2.75) is 32.6 Å². The summed E-state index contributed by atoms with van der Waals surface area (Å²) < 4.78 is 8.20. The maximum absolute atomic E-state index is 11.9. The molecule has 0 saturated carbocycles. The van der Waals surface area contributed by atoms with Crippen LogP contribution < -0.4 is 10.2 Å². The summed E-state index contributed by atoms with van der Waals surface area (Å²) in [5.74, 6) is 1.15. The number of nitrogens with zero attached hydrogens (tertiary/aromatic N) is 4. The van der Waals surface area contributed by atoms with Crippen LogP contribution in [-0.2, 0) is 24.7 Å². The van der Waals surface area contributed by atoms with Crippen molar-refractivity contribution in [3.8, 4) is 0 Å². The van der Waals surface area contributed by atoms with Gasteiger partial charge in [0.25, 0.3) is 0 Å². The van der Waals surface area contributed by atoms with Gasteiger partial charge in [0.1, 0.15) is 0 Å². The van der Waals surface area contributed by atoms with E-state index in [9.17, 15) is 4.79 Å². The standard InChI is InChI=1S/C16H19N5O2S/c1-3-13-17-15(23-20-13)10-6-9-14(22)18-19-16-21(2)11-7-4-5-8-12(11)24-16/h4-5,7-8H,3,6,9-10H2,1-2H3,(H,18,22)/b19-16-. The molecule has 8 heteroatoms. The molecule has 0 radical (unpaired) electrons. The SMILES string of the molecule is CCc1noc(CCCC(=O)N/N=c2\sc3ccccc3n2C)n1. The molecule has 3 rings (SSSR count). The number of aryl methyl sites for hydroxylation is 3. The van der Waals surface area contributed by atoms with Crippen LogP contribution >= 0.6 is 11.3 Å². The molecule has 0 unspecified atom stereocenters. The van der Waals surface area contributed by atoms with Gasteiger partial charge >= 0.3 is 0 Å². The van der Waals surface area contributed by atoms with Crippen LogP contribution in [0.25, 0.3) is 10.2 Å². The second-order valence-corrected chi connectivity index (χ2v) is 6.38. The molecule has 0 aliphatic carbocycles. The molecule has 0 bridgehead atoms. The third kappa shape index (κ3) is 3.70. The zero-order valence-corrected chi connectivity index (χ0v) is 14.5. The molecular formula is C16H19N5O2S. The monoisotopic (exact) mass is 345 g/mol. The van der Waals surface area contributed by atoms with Crippen LogP contribution in [0.5, 0.6) is 0 Å². The third-order valence-corrected chi connectivity index (χ3v) is 4.72. The number of carbonyl (C=O) groups is 1. The molecule has 126 valence electrons. The first kappa shape index (κ1) is 16.4. The fourth-order valence-electron chi connectivity index (χ4n) is 2.29. The summed E-state index contributed by atoms with van der Waals surface area (Å²) in [4.78, 5) is 16.9. The maximum atomic E-state index is 11.9. The lowest BCUT2D eigenvalue weighted by atomic mass is 10.2. The summed E-state index contributed by atoms with van der Waals surface area (Å²) in [6.45, 7) is 1.97. The smallest absolute Gasteiger partial charge is 0.240 e. The minimum atomic E-state index is -0.123. The number of fused-ring (bicyclic) bond motifs is 1. The molecular weight excluding hydrogens is 326 g/mol. The number of aromatic nitrogens is 3. The number of rotatable bonds is 6. The zero-order valence-electron chi connectivity index (χ0n) is 13.7. The lowest BCUT2D eigenvalue weighted by Crippen LogP contribution is -2.23. The van der Waals surface area contributed by atoms with Crippen molar-refractivity contribution in [1.29, 1.82) is 0 Å². The number of amides is 1. The number of nitrogens with one attached hydrogen (secondary N) is 1. The van der Waals surface area contributed by atoms with Gasteiger partial charge in [-0.3, -0.25) is 4.79 Å². The van der Waals surface area contributed by atoms with E-state index in [1.165, 1.54) is 0 Å². The minimum Gasteiger partial charge on any atom is -0.339 e.